The van der Waals surface area contributed by atoms with E-state index < -0.39 is 11.4 Å². The number of ether oxygens (including phenoxy) is 1. The number of nitrogens with two attached hydrogens (primary N) is 1. The van der Waals surface area contributed by atoms with Crippen LogP contribution < -0.4 is 5.73 Å². The van der Waals surface area contributed by atoms with Gasteiger partial charge in [0, 0.05) is 11.1 Å². The number of rotatable bonds is 1. The summed E-state index contributed by atoms with van der Waals surface area (Å²) in [5.41, 5.74) is 5.89. The van der Waals surface area contributed by atoms with E-state index in [4.69, 9.17) is 22.1 Å². The van der Waals surface area contributed by atoms with E-state index in [2.05, 4.69) is 15.0 Å². The van der Waals surface area contributed by atoms with Gasteiger partial charge < -0.3 is 25.3 Å². The molecule has 3 aliphatic rings. The highest BCUT2D eigenvalue weighted by Crippen LogP contribution is 2.43. The first kappa shape index (κ1) is 24.4. The molecule has 2 fully saturated rings. The Morgan fingerprint density at radius 2 is 1.89 bits per heavy atom. The summed E-state index contributed by atoms with van der Waals surface area (Å²) in [4.78, 5) is 12.4. The predicted molar refractivity (Wildman–Crippen MR) is 131 cm³/mol. The number of benzene rings is 1. The normalized spacial score (nSPS) is 28.9. The monoisotopic (exact) mass is 503 g/mol. The predicted octanol–water partition coefficient (Wildman–Crippen LogP) is 4.29. The summed E-state index contributed by atoms with van der Waals surface area (Å²) in [5, 5.41) is 20.3. The molecule has 188 valence electrons. The third-order valence-corrected chi connectivity index (χ3v) is 7.69. The number of halogens is 2. The fourth-order valence-electron chi connectivity index (χ4n) is 5.37. The highest BCUT2D eigenvalue weighted by molar-refractivity contribution is 6.33. The van der Waals surface area contributed by atoms with Crippen LogP contribution >= 0.6 is 11.6 Å². The van der Waals surface area contributed by atoms with Gasteiger partial charge in [0.2, 0.25) is 5.95 Å². The highest BCUT2D eigenvalue weighted by Gasteiger charge is 2.41. The Morgan fingerprint density at radius 1 is 1.14 bits per heavy atom. The zero-order valence-electron chi connectivity index (χ0n) is 20.1. The van der Waals surface area contributed by atoms with Crippen LogP contribution in [-0.2, 0) is 15.9 Å². The van der Waals surface area contributed by atoms with E-state index in [-0.39, 0.29) is 34.2 Å². The third-order valence-electron chi connectivity index (χ3n) is 7.41. The number of hydrogen-bond donors (Lipinski definition) is 3. The second kappa shape index (κ2) is 8.65. The molecule has 6 rings (SSSR count). The van der Waals surface area contributed by atoms with E-state index in [0.717, 1.165) is 25.7 Å². The molecule has 5 heterocycles. The largest absolute Gasteiger partial charge is 0.390 e. The number of hydrogen-bond acceptors (Lipinski definition) is 7. The van der Waals surface area contributed by atoms with E-state index in [1.807, 2.05) is 18.4 Å². The first-order valence-electron chi connectivity index (χ1n) is 12.0. The quantitative estimate of drug-likeness (QED) is 0.453. The molecule has 0 spiro atoms. The van der Waals surface area contributed by atoms with Crippen molar-refractivity contribution in [1.82, 2.24) is 19.5 Å². The van der Waals surface area contributed by atoms with Crippen LogP contribution in [0.2, 0.25) is 5.02 Å². The Hall–Kier alpha value is -2.33. The summed E-state index contributed by atoms with van der Waals surface area (Å²) in [6.07, 6.45) is 7.46. The Balaban J connectivity index is 0.000000234. The zero-order chi connectivity index (χ0) is 25.1. The zero-order valence-corrected chi connectivity index (χ0v) is 20.9. The van der Waals surface area contributed by atoms with Gasteiger partial charge >= 0.3 is 0 Å². The van der Waals surface area contributed by atoms with Gasteiger partial charge in [-0.25, -0.2) is 19.3 Å². The van der Waals surface area contributed by atoms with Crippen LogP contribution in [0.15, 0.2) is 18.3 Å². The van der Waals surface area contributed by atoms with Crippen molar-refractivity contribution in [1.29, 1.82) is 0 Å². The Labute approximate surface area is 208 Å². The average molecular weight is 504 g/mol. The number of nitrogen functional groups attached to an aromatic ring is 1. The van der Waals surface area contributed by atoms with Gasteiger partial charge in [-0.2, -0.15) is 0 Å². The Morgan fingerprint density at radius 3 is 2.63 bits per heavy atom. The van der Waals surface area contributed by atoms with Gasteiger partial charge in [-0.05, 0) is 71.4 Å². The second-order valence-electron chi connectivity index (χ2n) is 10.6. The van der Waals surface area contributed by atoms with Crippen molar-refractivity contribution in [3.63, 3.8) is 0 Å². The second-order valence-corrected chi connectivity index (χ2v) is 11.0. The molecule has 4 unspecified atom stereocenters. The lowest BCUT2D eigenvalue weighted by atomic mass is 9.84. The molecule has 0 amide bonds. The lowest BCUT2D eigenvalue weighted by Gasteiger charge is -2.40. The van der Waals surface area contributed by atoms with Crippen molar-refractivity contribution in [2.75, 3.05) is 5.73 Å². The molecule has 2 saturated heterocycles. The van der Waals surface area contributed by atoms with Crippen LogP contribution in [0.4, 0.5) is 10.3 Å². The number of fused-ring (bicyclic) bond motifs is 5. The van der Waals surface area contributed by atoms with Crippen LogP contribution in [0.1, 0.15) is 65.1 Å². The molecular weight excluding hydrogens is 473 g/mol. The molecular formula is C25H31ClFN5O3. The van der Waals surface area contributed by atoms with Crippen LogP contribution in [-0.4, -0.2) is 48.0 Å². The fourth-order valence-corrected chi connectivity index (χ4v) is 5.57. The smallest absolute Gasteiger partial charge is 0.220 e. The number of aliphatic hydroxyl groups is 2. The molecule has 1 aromatic carbocycles. The molecule has 35 heavy (non-hydrogen) atoms. The Kier molecular flexibility index (Phi) is 6.03. The lowest BCUT2D eigenvalue weighted by molar-refractivity contribution is -0.0746. The SMILES string of the molecule is CC1(O)CCC(C)(C)n2c1nc1c(F)cc(-c3nc(N)ncc3Cl)cc12.OC1CCC2CCC1O2. The standard InChI is InChI=1S/C18H19ClFN5O.C7H12O2/c1-17(2)4-5-18(3,26)15-23-14-11(20)6-9(7-12(14)25(15)17)13-10(19)8-22-16(21)24-13;8-6-3-1-5-2-4-7(6)9-5/h6-8,26H,4-5H2,1-3H3,(H2,21,22,24);5-8H,1-4H2. The Bertz CT molecular complexity index is 1280. The molecule has 0 saturated carbocycles. The molecule has 4 atom stereocenters. The molecule has 8 nitrogen and oxygen atoms in total. The van der Waals surface area contributed by atoms with Crippen molar-refractivity contribution in [2.24, 2.45) is 0 Å². The minimum atomic E-state index is -1.11. The molecule has 3 aromatic rings. The molecule has 4 N–H and O–H groups in total. The van der Waals surface area contributed by atoms with E-state index in [0.29, 0.717) is 35.1 Å². The number of aliphatic hydroxyl groups excluding tert-OH is 1. The summed E-state index contributed by atoms with van der Waals surface area (Å²) in [6, 6.07) is 3.11. The average Bonchev–Trinajstić information content (AvgIpc) is 3.40. The number of nitrogens with zero attached hydrogens (tertiary/aromatic N) is 4. The molecule has 2 bridgehead atoms. The van der Waals surface area contributed by atoms with Gasteiger partial charge in [0.1, 0.15) is 16.9 Å². The van der Waals surface area contributed by atoms with E-state index in [9.17, 15) is 14.6 Å². The summed E-state index contributed by atoms with van der Waals surface area (Å²) >= 11 is 6.19. The van der Waals surface area contributed by atoms with Crippen molar-refractivity contribution in [3.05, 3.63) is 35.0 Å². The van der Waals surface area contributed by atoms with Crippen LogP contribution in [0, 0.1) is 5.82 Å². The first-order chi connectivity index (χ1) is 16.5. The van der Waals surface area contributed by atoms with Crippen LogP contribution in [0.5, 0.6) is 0 Å². The maximum absolute atomic E-state index is 14.9. The van der Waals surface area contributed by atoms with Gasteiger partial charge in [0.05, 0.1) is 40.7 Å². The number of anilines is 1. The lowest BCUT2D eigenvalue weighted by Crippen LogP contribution is -2.41. The molecule has 10 heteroatoms. The van der Waals surface area contributed by atoms with Gasteiger partial charge in [-0.3, -0.25) is 0 Å². The maximum Gasteiger partial charge on any atom is 0.220 e. The van der Waals surface area contributed by atoms with Gasteiger partial charge in [0.15, 0.2) is 5.82 Å². The van der Waals surface area contributed by atoms with Gasteiger partial charge in [0.25, 0.3) is 0 Å². The van der Waals surface area contributed by atoms with Crippen LogP contribution in [0.3, 0.4) is 0 Å². The number of aromatic nitrogens is 4. The number of imidazole rings is 1. The van der Waals surface area contributed by atoms with Crippen molar-refractivity contribution < 1.29 is 19.3 Å². The van der Waals surface area contributed by atoms with Crippen molar-refractivity contribution in [3.8, 4) is 11.3 Å². The van der Waals surface area contributed by atoms with Gasteiger partial charge in [-0.15, -0.1) is 0 Å². The molecule has 3 aliphatic heterocycles. The van der Waals surface area contributed by atoms with Crippen LogP contribution in [0.25, 0.3) is 22.3 Å². The molecule has 0 radical (unpaired) electrons. The van der Waals surface area contributed by atoms with Crippen molar-refractivity contribution in [2.45, 2.75) is 88.7 Å². The summed E-state index contributed by atoms with van der Waals surface area (Å²) in [5.74, 6) is 0.0239. The first-order valence-corrected chi connectivity index (χ1v) is 12.4. The fraction of sp³-hybridized carbons (Fsp3) is 0.560. The minimum Gasteiger partial charge on any atom is -0.390 e. The summed E-state index contributed by atoms with van der Waals surface area (Å²) < 4.78 is 22.3. The van der Waals surface area contributed by atoms with Gasteiger partial charge in [-0.1, -0.05) is 11.6 Å². The summed E-state index contributed by atoms with van der Waals surface area (Å²) in [6.45, 7) is 5.81. The van der Waals surface area contributed by atoms with E-state index >= 15 is 0 Å². The highest BCUT2D eigenvalue weighted by atomic mass is 35.5. The topological polar surface area (TPSA) is 119 Å². The van der Waals surface area contributed by atoms with Crippen molar-refractivity contribution >= 4 is 28.6 Å². The molecule has 0 aliphatic carbocycles. The maximum atomic E-state index is 14.9. The summed E-state index contributed by atoms with van der Waals surface area (Å²) in [7, 11) is 0. The van der Waals surface area contributed by atoms with E-state index in [1.165, 1.54) is 18.7 Å². The molecule has 2 aromatic heterocycles. The minimum absolute atomic E-state index is 0.0588. The third kappa shape index (κ3) is 4.39. The van der Waals surface area contributed by atoms with E-state index in [1.54, 1.807) is 13.0 Å².